The van der Waals surface area contributed by atoms with Gasteiger partial charge in [-0.3, -0.25) is 4.79 Å². The lowest BCUT2D eigenvalue weighted by Gasteiger charge is -2.17. The number of carbonyl (C=O) groups excluding carboxylic acids is 1. The van der Waals surface area contributed by atoms with Gasteiger partial charge in [0, 0.05) is 24.7 Å². The molecule has 1 saturated heterocycles. The van der Waals surface area contributed by atoms with E-state index in [9.17, 15) is 4.79 Å². The van der Waals surface area contributed by atoms with Crippen molar-refractivity contribution in [1.29, 1.82) is 0 Å². The van der Waals surface area contributed by atoms with E-state index in [4.69, 9.17) is 4.74 Å². The van der Waals surface area contributed by atoms with Gasteiger partial charge in [-0.05, 0) is 23.8 Å². The summed E-state index contributed by atoms with van der Waals surface area (Å²) in [6.07, 6.45) is 2.28. The molecule has 1 aromatic rings. The number of amides is 1. The minimum absolute atomic E-state index is 0.162. The number of benzene rings is 1. The second-order valence-corrected chi connectivity index (χ2v) is 4.72. The highest BCUT2D eigenvalue weighted by Gasteiger charge is 2.29. The van der Waals surface area contributed by atoms with Crippen molar-refractivity contribution >= 4 is 24.2 Å². The lowest BCUT2D eigenvalue weighted by Crippen LogP contribution is -2.24. The zero-order valence-electron chi connectivity index (χ0n) is 10.2. The number of nitrogens with zero attached hydrogens (tertiary/aromatic N) is 1. The molecule has 0 aliphatic carbocycles. The third kappa shape index (κ3) is 2.88. The van der Waals surface area contributed by atoms with Gasteiger partial charge >= 0.3 is 0 Å². The topological polar surface area (TPSA) is 29.5 Å². The molecule has 1 unspecified atom stereocenters. The third-order valence-corrected chi connectivity index (χ3v) is 3.48. The van der Waals surface area contributed by atoms with Gasteiger partial charge in [0.25, 0.3) is 0 Å². The van der Waals surface area contributed by atoms with Crippen LogP contribution in [0.3, 0.4) is 0 Å². The van der Waals surface area contributed by atoms with E-state index in [0.29, 0.717) is 18.9 Å². The van der Waals surface area contributed by atoms with E-state index >= 15 is 0 Å². The zero-order chi connectivity index (χ0) is 13.0. The van der Waals surface area contributed by atoms with Gasteiger partial charge in [-0.1, -0.05) is 18.7 Å². The summed E-state index contributed by atoms with van der Waals surface area (Å²) in [5, 5.41) is 0. The molecule has 0 spiro atoms. The Morgan fingerprint density at radius 3 is 3.06 bits per heavy atom. The Morgan fingerprint density at radius 2 is 2.39 bits per heavy atom. The first-order valence-electron chi connectivity index (χ1n) is 5.99. The first kappa shape index (κ1) is 13.0. The highest BCUT2D eigenvalue weighted by molar-refractivity contribution is 7.80. The van der Waals surface area contributed by atoms with Crippen LogP contribution >= 0.6 is 12.6 Å². The molecule has 4 heteroatoms. The number of anilines is 1. The molecular formula is C14H17NO2S. The van der Waals surface area contributed by atoms with E-state index in [1.54, 1.807) is 6.08 Å². The minimum Gasteiger partial charge on any atom is -0.489 e. The average Bonchev–Trinajstić information content (AvgIpc) is 2.78. The smallest absolute Gasteiger partial charge is 0.227 e. The number of ether oxygens (including phenoxy) is 1. The van der Waals surface area contributed by atoms with Gasteiger partial charge in [0.05, 0.1) is 0 Å². The van der Waals surface area contributed by atoms with Gasteiger partial charge in [0.2, 0.25) is 5.91 Å². The Kier molecular flexibility index (Phi) is 4.31. The molecule has 0 saturated carbocycles. The van der Waals surface area contributed by atoms with Crippen molar-refractivity contribution in [3.63, 3.8) is 0 Å². The van der Waals surface area contributed by atoms with Crippen LogP contribution in [0, 0.1) is 5.92 Å². The Bertz CT molecular complexity index is 447. The summed E-state index contributed by atoms with van der Waals surface area (Å²) in [6, 6.07) is 7.60. The Balaban J connectivity index is 2.13. The van der Waals surface area contributed by atoms with Gasteiger partial charge < -0.3 is 9.64 Å². The van der Waals surface area contributed by atoms with E-state index in [1.807, 2.05) is 29.2 Å². The SMILES string of the molecule is C=CCOc1cccc(N2CC(CS)CC2=O)c1. The molecule has 1 atom stereocenters. The molecule has 0 N–H and O–H groups in total. The van der Waals surface area contributed by atoms with Crippen molar-refractivity contribution < 1.29 is 9.53 Å². The van der Waals surface area contributed by atoms with E-state index in [2.05, 4.69) is 19.2 Å². The summed E-state index contributed by atoms with van der Waals surface area (Å²) < 4.78 is 5.47. The van der Waals surface area contributed by atoms with Crippen molar-refractivity contribution in [3.8, 4) is 5.75 Å². The highest BCUT2D eigenvalue weighted by atomic mass is 32.1. The van der Waals surface area contributed by atoms with Gasteiger partial charge in [0.1, 0.15) is 12.4 Å². The van der Waals surface area contributed by atoms with Gasteiger partial charge in [0.15, 0.2) is 0 Å². The monoisotopic (exact) mass is 263 g/mol. The standard InChI is InChI=1S/C14H17NO2S/c1-2-6-17-13-5-3-4-12(8-13)15-9-11(10-18)7-14(15)16/h2-5,8,11,18H,1,6-7,9-10H2. The van der Waals surface area contributed by atoms with Crippen molar-refractivity contribution in [2.75, 3.05) is 23.8 Å². The maximum Gasteiger partial charge on any atom is 0.227 e. The molecule has 0 bridgehead atoms. The molecule has 3 nitrogen and oxygen atoms in total. The predicted octanol–water partition coefficient (Wildman–Crippen LogP) is 2.53. The van der Waals surface area contributed by atoms with E-state index in [-0.39, 0.29) is 5.91 Å². The van der Waals surface area contributed by atoms with Crippen LogP contribution in [0.1, 0.15) is 6.42 Å². The zero-order valence-corrected chi connectivity index (χ0v) is 11.1. The number of hydrogen-bond donors (Lipinski definition) is 1. The lowest BCUT2D eigenvalue weighted by atomic mass is 10.1. The molecule has 1 fully saturated rings. The second-order valence-electron chi connectivity index (χ2n) is 4.35. The summed E-state index contributed by atoms with van der Waals surface area (Å²) in [7, 11) is 0. The Labute approximate surface area is 113 Å². The molecule has 0 aromatic heterocycles. The summed E-state index contributed by atoms with van der Waals surface area (Å²) in [4.78, 5) is 13.7. The quantitative estimate of drug-likeness (QED) is 0.653. The molecule has 1 heterocycles. The van der Waals surface area contributed by atoms with Crippen molar-refractivity contribution in [3.05, 3.63) is 36.9 Å². The molecule has 1 aliphatic heterocycles. The fraction of sp³-hybridized carbons (Fsp3) is 0.357. The van der Waals surface area contributed by atoms with E-state index in [1.165, 1.54) is 0 Å². The number of hydrogen-bond acceptors (Lipinski definition) is 3. The van der Waals surface area contributed by atoms with Crippen LogP contribution in [-0.2, 0) is 4.79 Å². The van der Waals surface area contributed by atoms with Gasteiger partial charge in [-0.25, -0.2) is 0 Å². The normalized spacial score (nSPS) is 19.1. The number of thiol groups is 1. The molecule has 1 aliphatic rings. The fourth-order valence-electron chi connectivity index (χ4n) is 2.05. The molecule has 1 aromatic carbocycles. The maximum atomic E-state index is 11.9. The van der Waals surface area contributed by atoms with Crippen molar-refractivity contribution in [2.24, 2.45) is 5.92 Å². The molecular weight excluding hydrogens is 246 g/mol. The lowest BCUT2D eigenvalue weighted by molar-refractivity contribution is -0.117. The highest BCUT2D eigenvalue weighted by Crippen LogP contribution is 2.28. The van der Waals surface area contributed by atoms with Gasteiger partial charge in [-0.15, -0.1) is 0 Å². The van der Waals surface area contributed by atoms with E-state index in [0.717, 1.165) is 23.7 Å². The predicted molar refractivity (Wildman–Crippen MR) is 76.4 cm³/mol. The van der Waals surface area contributed by atoms with Gasteiger partial charge in [-0.2, -0.15) is 12.6 Å². The van der Waals surface area contributed by atoms with Crippen molar-refractivity contribution in [1.82, 2.24) is 0 Å². The molecule has 18 heavy (non-hydrogen) atoms. The minimum atomic E-state index is 0.162. The molecule has 0 radical (unpaired) electrons. The molecule has 2 rings (SSSR count). The van der Waals surface area contributed by atoms with Crippen LogP contribution in [-0.4, -0.2) is 24.8 Å². The average molecular weight is 263 g/mol. The molecule has 1 amide bonds. The number of rotatable bonds is 5. The third-order valence-electron chi connectivity index (χ3n) is 2.96. The van der Waals surface area contributed by atoms with Crippen LogP contribution in [0.25, 0.3) is 0 Å². The van der Waals surface area contributed by atoms with Crippen LogP contribution in [0.4, 0.5) is 5.69 Å². The first-order chi connectivity index (χ1) is 8.74. The van der Waals surface area contributed by atoms with E-state index < -0.39 is 0 Å². The fourth-order valence-corrected chi connectivity index (χ4v) is 2.29. The Hall–Kier alpha value is -1.42. The summed E-state index contributed by atoms with van der Waals surface area (Å²) in [6.45, 7) is 4.82. The van der Waals surface area contributed by atoms with Crippen LogP contribution in [0.5, 0.6) is 5.75 Å². The first-order valence-corrected chi connectivity index (χ1v) is 6.63. The summed E-state index contributed by atoms with van der Waals surface area (Å²) in [5.74, 6) is 2.01. The number of carbonyl (C=O) groups is 1. The molecule has 96 valence electrons. The summed E-state index contributed by atoms with van der Waals surface area (Å²) >= 11 is 4.26. The summed E-state index contributed by atoms with van der Waals surface area (Å²) in [5.41, 5.74) is 0.894. The largest absolute Gasteiger partial charge is 0.489 e. The maximum absolute atomic E-state index is 11.9. The van der Waals surface area contributed by atoms with Crippen molar-refractivity contribution in [2.45, 2.75) is 6.42 Å². The van der Waals surface area contributed by atoms with Crippen LogP contribution < -0.4 is 9.64 Å². The Morgan fingerprint density at radius 1 is 1.56 bits per heavy atom. The second kappa shape index (κ2) is 5.96. The van der Waals surface area contributed by atoms with Crippen LogP contribution in [0.15, 0.2) is 36.9 Å². The van der Waals surface area contributed by atoms with Crippen LogP contribution in [0.2, 0.25) is 0 Å².